The molecule has 4 rings (SSSR count). The number of piperidine rings is 1. The molecule has 0 bridgehead atoms. The molecular formula is C25H28N4O3. The highest BCUT2D eigenvalue weighted by Crippen LogP contribution is 2.35. The number of carbonyl (C=O) groups excluding carboxylic acids is 1. The molecule has 2 unspecified atom stereocenters. The number of hydrogen-bond acceptors (Lipinski definition) is 5. The van der Waals surface area contributed by atoms with Crippen LogP contribution in [0.25, 0.3) is 5.69 Å². The van der Waals surface area contributed by atoms with Crippen LogP contribution in [0.1, 0.15) is 34.9 Å². The number of aromatic nitrogens is 2. The van der Waals surface area contributed by atoms with Crippen molar-refractivity contribution in [2.24, 2.45) is 5.92 Å². The maximum absolute atomic E-state index is 12.9. The molecule has 1 aromatic heterocycles. The number of carbonyl (C=O) groups is 1. The Kier molecular flexibility index (Phi) is 6.66. The van der Waals surface area contributed by atoms with Gasteiger partial charge in [-0.25, -0.2) is 0 Å². The van der Waals surface area contributed by atoms with Crippen molar-refractivity contribution < 1.29 is 9.53 Å². The van der Waals surface area contributed by atoms with Gasteiger partial charge in [-0.05, 0) is 68.2 Å². The fourth-order valence-corrected chi connectivity index (χ4v) is 4.40. The summed E-state index contributed by atoms with van der Waals surface area (Å²) in [5.74, 6) is 0.819. The van der Waals surface area contributed by atoms with E-state index in [1.807, 2.05) is 30.3 Å². The topological polar surface area (TPSA) is 76.5 Å². The molecule has 1 saturated heterocycles. The monoisotopic (exact) mass is 432 g/mol. The Morgan fingerprint density at radius 2 is 1.84 bits per heavy atom. The first kappa shape index (κ1) is 21.8. The minimum absolute atomic E-state index is 0.209. The molecule has 2 aromatic carbocycles. The minimum Gasteiger partial charge on any atom is -0.497 e. The van der Waals surface area contributed by atoms with Gasteiger partial charge in [-0.1, -0.05) is 30.3 Å². The van der Waals surface area contributed by atoms with Gasteiger partial charge in [0.2, 0.25) is 0 Å². The molecule has 0 spiro atoms. The van der Waals surface area contributed by atoms with Gasteiger partial charge in [0.15, 0.2) is 0 Å². The van der Waals surface area contributed by atoms with E-state index >= 15 is 0 Å². The van der Waals surface area contributed by atoms with Crippen LogP contribution < -0.4 is 15.6 Å². The van der Waals surface area contributed by atoms with Gasteiger partial charge < -0.3 is 10.1 Å². The molecule has 7 nitrogen and oxygen atoms in total. The Labute approximate surface area is 187 Å². The molecule has 1 aliphatic heterocycles. The van der Waals surface area contributed by atoms with Crippen LogP contribution in [0.15, 0.2) is 71.5 Å². The zero-order valence-corrected chi connectivity index (χ0v) is 18.4. The second-order valence-electron chi connectivity index (χ2n) is 8.12. The van der Waals surface area contributed by atoms with Crippen LogP contribution >= 0.6 is 0 Å². The Morgan fingerprint density at radius 3 is 2.56 bits per heavy atom. The van der Waals surface area contributed by atoms with Gasteiger partial charge in [-0.2, -0.15) is 9.78 Å². The van der Waals surface area contributed by atoms with Crippen molar-refractivity contribution in [1.29, 1.82) is 0 Å². The first-order chi connectivity index (χ1) is 15.6. The smallest absolute Gasteiger partial charge is 0.271 e. The van der Waals surface area contributed by atoms with Crippen molar-refractivity contribution in [2.75, 3.05) is 27.2 Å². The molecule has 0 radical (unpaired) electrons. The predicted octanol–water partition coefficient (Wildman–Crippen LogP) is 3.05. The third-order valence-corrected chi connectivity index (χ3v) is 6.02. The van der Waals surface area contributed by atoms with Crippen molar-refractivity contribution >= 4 is 5.91 Å². The Hall–Kier alpha value is -3.45. The largest absolute Gasteiger partial charge is 0.497 e. The van der Waals surface area contributed by atoms with Gasteiger partial charge in [0.05, 0.1) is 12.8 Å². The van der Waals surface area contributed by atoms with Gasteiger partial charge in [-0.3, -0.25) is 14.5 Å². The van der Waals surface area contributed by atoms with Crippen LogP contribution in [0.5, 0.6) is 5.75 Å². The van der Waals surface area contributed by atoms with Gasteiger partial charge in [-0.15, -0.1) is 0 Å². The summed E-state index contributed by atoms with van der Waals surface area (Å²) >= 11 is 0. The Balaban J connectivity index is 1.49. The van der Waals surface area contributed by atoms with Crippen LogP contribution in [0.2, 0.25) is 0 Å². The summed E-state index contributed by atoms with van der Waals surface area (Å²) in [5, 5.41) is 7.33. The van der Waals surface area contributed by atoms with Gasteiger partial charge in [0, 0.05) is 18.7 Å². The number of methoxy groups -OCH3 is 1. The van der Waals surface area contributed by atoms with Crippen LogP contribution in [0, 0.1) is 5.92 Å². The van der Waals surface area contributed by atoms with Crippen molar-refractivity contribution in [1.82, 2.24) is 20.0 Å². The van der Waals surface area contributed by atoms with Gasteiger partial charge in [0.25, 0.3) is 11.5 Å². The van der Waals surface area contributed by atoms with E-state index in [4.69, 9.17) is 4.74 Å². The third kappa shape index (κ3) is 4.73. The Bertz CT molecular complexity index is 1110. The summed E-state index contributed by atoms with van der Waals surface area (Å²) in [4.78, 5) is 27.5. The van der Waals surface area contributed by atoms with Crippen LogP contribution in [-0.2, 0) is 0 Å². The maximum Gasteiger partial charge on any atom is 0.271 e. The number of rotatable bonds is 6. The van der Waals surface area contributed by atoms with E-state index in [1.165, 1.54) is 22.4 Å². The van der Waals surface area contributed by atoms with E-state index in [2.05, 4.69) is 34.5 Å². The van der Waals surface area contributed by atoms with Gasteiger partial charge >= 0.3 is 0 Å². The molecule has 1 amide bonds. The number of ether oxygens (including phenoxy) is 1. The highest BCUT2D eigenvalue weighted by atomic mass is 16.5. The quantitative estimate of drug-likeness (QED) is 0.648. The second-order valence-corrected chi connectivity index (χ2v) is 8.12. The summed E-state index contributed by atoms with van der Waals surface area (Å²) in [6.45, 7) is 1.55. The average molecular weight is 433 g/mol. The van der Waals surface area contributed by atoms with Crippen molar-refractivity contribution in [3.05, 3.63) is 88.3 Å². The predicted molar refractivity (Wildman–Crippen MR) is 123 cm³/mol. The molecule has 7 heteroatoms. The number of benzene rings is 2. The number of amides is 1. The van der Waals surface area contributed by atoms with Crippen molar-refractivity contribution in [2.45, 2.75) is 18.9 Å². The van der Waals surface area contributed by atoms with E-state index in [1.54, 1.807) is 19.2 Å². The molecule has 1 fully saturated rings. The molecule has 1 N–H and O–H groups in total. The average Bonchev–Trinajstić information content (AvgIpc) is 2.83. The molecule has 166 valence electrons. The van der Waals surface area contributed by atoms with Crippen LogP contribution in [0.3, 0.4) is 0 Å². The van der Waals surface area contributed by atoms with E-state index < -0.39 is 0 Å². The third-order valence-electron chi connectivity index (χ3n) is 6.02. The molecule has 0 saturated carbocycles. The van der Waals surface area contributed by atoms with E-state index in [0.717, 1.165) is 25.1 Å². The maximum atomic E-state index is 12.9. The van der Waals surface area contributed by atoms with E-state index in [-0.39, 0.29) is 29.1 Å². The molecule has 32 heavy (non-hydrogen) atoms. The van der Waals surface area contributed by atoms with E-state index in [0.29, 0.717) is 12.2 Å². The SMILES string of the molecule is COc1ccc(C2C(CNC(=O)c3ccc(=O)n(-c4ccccc4)n3)CCCN2C)cc1. The zero-order valence-electron chi connectivity index (χ0n) is 18.4. The Morgan fingerprint density at radius 1 is 1.09 bits per heavy atom. The molecule has 0 aliphatic carbocycles. The van der Waals surface area contributed by atoms with Crippen LogP contribution in [-0.4, -0.2) is 47.8 Å². The van der Waals surface area contributed by atoms with Gasteiger partial charge in [0.1, 0.15) is 11.4 Å². The second kappa shape index (κ2) is 9.78. The fourth-order valence-electron chi connectivity index (χ4n) is 4.40. The highest BCUT2D eigenvalue weighted by molar-refractivity contribution is 5.92. The lowest BCUT2D eigenvalue weighted by atomic mass is 9.85. The molecule has 2 atom stereocenters. The normalized spacial score (nSPS) is 18.8. The lowest BCUT2D eigenvalue weighted by molar-refractivity contribution is 0.0885. The summed E-state index contributed by atoms with van der Waals surface area (Å²) < 4.78 is 6.54. The molecule has 3 aromatic rings. The number of nitrogens with one attached hydrogen (secondary N) is 1. The number of para-hydroxylation sites is 1. The van der Waals surface area contributed by atoms with Crippen LogP contribution in [0.4, 0.5) is 0 Å². The molecule has 1 aliphatic rings. The van der Waals surface area contributed by atoms with E-state index in [9.17, 15) is 9.59 Å². The summed E-state index contributed by atoms with van der Waals surface area (Å²) in [7, 11) is 3.79. The summed E-state index contributed by atoms with van der Waals surface area (Å²) in [6.07, 6.45) is 2.11. The lowest BCUT2D eigenvalue weighted by Crippen LogP contribution is -2.42. The highest BCUT2D eigenvalue weighted by Gasteiger charge is 2.31. The number of hydrogen-bond donors (Lipinski definition) is 1. The molecule has 2 heterocycles. The first-order valence-electron chi connectivity index (χ1n) is 10.8. The standard InChI is InChI=1S/C25H28N4O3/c1-28-16-6-7-19(24(28)18-10-12-21(32-2)13-11-18)17-26-25(31)22-14-15-23(30)29(27-22)20-8-4-3-5-9-20/h3-5,8-15,19,24H,6-7,16-17H2,1-2H3,(H,26,31). The fraction of sp³-hybridized carbons (Fsp3) is 0.320. The zero-order chi connectivity index (χ0) is 22.5. The minimum atomic E-state index is -0.281. The molecular weight excluding hydrogens is 404 g/mol. The number of likely N-dealkylation sites (tertiary alicyclic amines) is 1. The first-order valence-corrected chi connectivity index (χ1v) is 10.8. The van der Waals surface area contributed by atoms with Crippen molar-refractivity contribution in [3.8, 4) is 11.4 Å². The van der Waals surface area contributed by atoms with Crippen molar-refractivity contribution in [3.63, 3.8) is 0 Å². The lowest BCUT2D eigenvalue weighted by Gasteiger charge is -2.39. The summed E-state index contributed by atoms with van der Waals surface area (Å²) in [5.41, 5.74) is 1.78. The summed E-state index contributed by atoms with van der Waals surface area (Å²) in [6, 6.07) is 20.3. The number of nitrogens with zero attached hydrogens (tertiary/aromatic N) is 3.